The van der Waals surface area contributed by atoms with Crippen LogP contribution in [0.25, 0.3) is 11.4 Å². The molecule has 0 unspecified atom stereocenters. The Morgan fingerprint density at radius 3 is 2.47 bits per heavy atom. The highest BCUT2D eigenvalue weighted by atomic mass is 16.5. The average molecular weight is 231 g/mol. The maximum absolute atomic E-state index is 5.18. The summed E-state index contributed by atoms with van der Waals surface area (Å²) in [4.78, 5) is 6.35. The summed E-state index contributed by atoms with van der Waals surface area (Å²) in [5.41, 5.74) is 2.31. The normalized spacial score (nSPS) is 11.1. The second kappa shape index (κ2) is 5.10. The molecule has 4 heteroatoms. The molecule has 1 heterocycles. The fraction of sp³-hybridized carbons (Fsp3) is 0.385. The first kappa shape index (κ1) is 11.8. The van der Waals surface area contributed by atoms with E-state index in [0.29, 0.717) is 18.3 Å². The van der Waals surface area contributed by atoms with Crippen LogP contribution in [0, 0.1) is 0 Å². The second-order valence-electron chi connectivity index (χ2n) is 4.30. The van der Waals surface area contributed by atoms with Crippen molar-refractivity contribution in [2.45, 2.75) is 19.9 Å². The van der Waals surface area contributed by atoms with Crippen molar-refractivity contribution in [2.75, 3.05) is 14.1 Å². The van der Waals surface area contributed by atoms with E-state index in [1.165, 1.54) is 5.56 Å². The fourth-order valence-corrected chi connectivity index (χ4v) is 1.60. The second-order valence-corrected chi connectivity index (χ2v) is 4.30. The first-order valence-corrected chi connectivity index (χ1v) is 5.75. The zero-order valence-electron chi connectivity index (χ0n) is 10.5. The number of nitrogens with zero attached hydrogens (tertiary/aromatic N) is 3. The molecule has 17 heavy (non-hydrogen) atoms. The smallest absolute Gasteiger partial charge is 0.241 e. The van der Waals surface area contributed by atoms with Crippen molar-refractivity contribution in [3.05, 3.63) is 35.7 Å². The SMILES string of the molecule is CCc1ccc(-c2noc(CN(C)C)n2)cc1. The molecule has 0 aliphatic carbocycles. The van der Waals surface area contributed by atoms with Gasteiger partial charge in [0.2, 0.25) is 11.7 Å². The molecule has 1 aromatic heterocycles. The monoisotopic (exact) mass is 231 g/mol. The van der Waals surface area contributed by atoms with Gasteiger partial charge in [0.1, 0.15) is 0 Å². The maximum atomic E-state index is 5.18. The Morgan fingerprint density at radius 1 is 1.18 bits per heavy atom. The van der Waals surface area contributed by atoms with Gasteiger partial charge in [-0.3, -0.25) is 0 Å². The summed E-state index contributed by atoms with van der Waals surface area (Å²) < 4.78 is 5.18. The molecule has 0 bridgehead atoms. The minimum atomic E-state index is 0.643. The summed E-state index contributed by atoms with van der Waals surface area (Å²) in [5, 5.41) is 3.98. The van der Waals surface area contributed by atoms with Crippen molar-refractivity contribution in [2.24, 2.45) is 0 Å². The molecule has 0 aliphatic rings. The van der Waals surface area contributed by atoms with Crippen molar-refractivity contribution in [1.29, 1.82) is 0 Å². The predicted molar refractivity (Wildman–Crippen MR) is 66.5 cm³/mol. The Labute approximate surface area is 101 Å². The molecule has 0 aliphatic heterocycles. The molecule has 0 spiro atoms. The molecule has 90 valence electrons. The van der Waals surface area contributed by atoms with Crippen LogP contribution < -0.4 is 0 Å². The topological polar surface area (TPSA) is 42.2 Å². The zero-order chi connectivity index (χ0) is 12.3. The average Bonchev–Trinajstić information content (AvgIpc) is 2.77. The number of aryl methyl sites for hydroxylation is 1. The number of hydrogen-bond acceptors (Lipinski definition) is 4. The van der Waals surface area contributed by atoms with Crippen molar-refractivity contribution < 1.29 is 4.52 Å². The Bertz CT molecular complexity index is 474. The highest BCUT2D eigenvalue weighted by Gasteiger charge is 2.08. The van der Waals surface area contributed by atoms with Gasteiger partial charge in [-0.25, -0.2) is 0 Å². The molecule has 4 nitrogen and oxygen atoms in total. The largest absolute Gasteiger partial charge is 0.338 e. The van der Waals surface area contributed by atoms with Crippen LogP contribution in [-0.4, -0.2) is 29.1 Å². The van der Waals surface area contributed by atoms with Crippen LogP contribution in [0.5, 0.6) is 0 Å². The minimum absolute atomic E-state index is 0.643. The Morgan fingerprint density at radius 2 is 1.88 bits per heavy atom. The van der Waals surface area contributed by atoms with Gasteiger partial charge in [0.15, 0.2) is 0 Å². The van der Waals surface area contributed by atoms with Crippen LogP contribution in [0.4, 0.5) is 0 Å². The lowest BCUT2D eigenvalue weighted by atomic mass is 10.1. The highest BCUT2D eigenvalue weighted by Crippen LogP contribution is 2.17. The van der Waals surface area contributed by atoms with Gasteiger partial charge >= 0.3 is 0 Å². The summed E-state index contributed by atoms with van der Waals surface area (Å²) in [6.07, 6.45) is 1.04. The van der Waals surface area contributed by atoms with Gasteiger partial charge in [-0.05, 0) is 26.1 Å². The molecule has 0 fully saturated rings. The third kappa shape index (κ3) is 2.91. The first-order chi connectivity index (χ1) is 8.19. The number of aromatic nitrogens is 2. The van der Waals surface area contributed by atoms with Crippen molar-refractivity contribution in [1.82, 2.24) is 15.0 Å². The van der Waals surface area contributed by atoms with Gasteiger partial charge < -0.3 is 9.42 Å². The molecule has 0 saturated carbocycles. The summed E-state index contributed by atoms with van der Waals surface area (Å²) in [6.45, 7) is 2.80. The van der Waals surface area contributed by atoms with E-state index in [9.17, 15) is 0 Å². The zero-order valence-corrected chi connectivity index (χ0v) is 10.5. The molecule has 2 aromatic rings. The van der Waals surface area contributed by atoms with Crippen molar-refractivity contribution in [3.8, 4) is 11.4 Å². The van der Waals surface area contributed by atoms with Gasteiger partial charge in [0, 0.05) is 5.56 Å². The third-order valence-electron chi connectivity index (χ3n) is 2.54. The van der Waals surface area contributed by atoms with Gasteiger partial charge in [-0.1, -0.05) is 36.3 Å². The summed E-state index contributed by atoms with van der Waals surface area (Å²) in [6, 6.07) is 8.25. The van der Waals surface area contributed by atoms with E-state index in [2.05, 4.69) is 29.2 Å². The third-order valence-corrected chi connectivity index (χ3v) is 2.54. The number of hydrogen-bond donors (Lipinski definition) is 0. The lowest BCUT2D eigenvalue weighted by Gasteiger charge is -2.03. The number of rotatable bonds is 4. The lowest BCUT2D eigenvalue weighted by molar-refractivity contribution is 0.303. The molecule has 0 N–H and O–H groups in total. The quantitative estimate of drug-likeness (QED) is 0.810. The van der Waals surface area contributed by atoms with Crippen molar-refractivity contribution in [3.63, 3.8) is 0 Å². The Balaban J connectivity index is 2.18. The van der Waals surface area contributed by atoms with E-state index >= 15 is 0 Å². The molecule has 0 saturated heterocycles. The van der Waals surface area contributed by atoms with Crippen LogP contribution in [0.3, 0.4) is 0 Å². The molecular formula is C13H17N3O. The number of benzene rings is 1. The molecule has 0 radical (unpaired) electrons. The van der Waals surface area contributed by atoms with Crippen LogP contribution in [-0.2, 0) is 13.0 Å². The predicted octanol–water partition coefficient (Wildman–Crippen LogP) is 2.36. The van der Waals surface area contributed by atoms with Gasteiger partial charge in [-0.2, -0.15) is 4.98 Å². The lowest BCUT2D eigenvalue weighted by Crippen LogP contribution is -2.10. The van der Waals surface area contributed by atoms with E-state index in [0.717, 1.165) is 12.0 Å². The Hall–Kier alpha value is -1.68. The molecule has 1 aromatic carbocycles. The van der Waals surface area contributed by atoms with E-state index in [1.807, 2.05) is 31.1 Å². The molecule has 2 rings (SSSR count). The maximum Gasteiger partial charge on any atom is 0.241 e. The van der Waals surface area contributed by atoms with Gasteiger partial charge in [0.25, 0.3) is 0 Å². The van der Waals surface area contributed by atoms with Crippen LogP contribution in [0.15, 0.2) is 28.8 Å². The van der Waals surface area contributed by atoms with E-state index in [4.69, 9.17) is 4.52 Å². The van der Waals surface area contributed by atoms with Gasteiger partial charge in [-0.15, -0.1) is 0 Å². The fourth-order valence-electron chi connectivity index (χ4n) is 1.60. The van der Waals surface area contributed by atoms with E-state index in [1.54, 1.807) is 0 Å². The van der Waals surface area contributed by atoms with Gasteiger partial charge in [0.05, 0.1) is 6.54 Å². The van der Waals surface area contributed by atoms with Crippen LogP contribution in [0.2, 0.25) is 0 Å². The molecule has 0 amide bonds. The molecule has 0 atom stereocenters. The van der Waals surface area contributed by atoms with E-state index < -0.39 is 0 Å². The van der Waals surface area contributed by atoms with Crippen LogP contribution >= 0.6 is 0 Å². The van der Waals surface area contributed by atoms with Crippen molar-refractivity contribution >= 4 is 0 Å². The summed E-state index contributed by atoms with van der Waals surface area (Å²) in [5.74, 6) is 1.30. The highest BCUT2D eigenvalue weighted by molar-refractivity contribution is 5.54. The Kier molecular flexibility index (Phi) is 3.54. The van der Waals surface area contributed by atoms with Crippen LogP contribution in [0.1, 0.15) is 18.4 Å². The first-order valence-electron chi connectivity index (χ1n) is 5.75. The molecular weight excluding hydrogens is 214 g/mol. The minimum Gasteiger partial charge on any atom is -0.338 e. The van der Waals surface area contributed by atoms with E-state index in [-0.39, 0.29) is 0 Å². The summed E-state index contributed by atoms with van der Waals surface area (Å²) >= 11 is 0. The standard InChI is InChI=1S/C13H17N3O/c1-4-10-5-7-11(8-6-10)13-14-12(17-15-13)9-16(2)3/h5-8H,4,9H2,1-3H3. The summed E-state index contributed by atoms with van der Waals surface area (Å²) in [7, 11) is 3.94.